The Hall–Kier alpha value is -0.610. The van der Waals surface area contributed by atoms with Crippen LogP contribution in [0.1, 0.15) is 51.4 Å². The third-order valence-electron chi connectivity index (χ3n) is 7.03. The maximum atomic E-state index is 11.3. The van der Waals surface area contributed by atoms with Gasteiger partial charge >= 0.3 is 5.97 Å². The molecule has 0 aromatic carbocycles. The summed E-state index contributed by atoms with van der Waals surface area (Å²) in [6, 6.07) is 1.24. The molecule has 0 bridgehead atoms. The molecule has 118 valence electrons. The van der Waals surface area contributed by atoms with Gasteiger partial charge in [0.05, 0.1) is 12.0 Å². The molecule has 0 radical (unpaired) electrons. The molecule has 1 aliphatic heterocycles. The Morgan fingerprint density at radius 3 is 2.57 bits per heavy atom. The van der Waals surface area contributed by atoms with Crippen molar-refractivity contribution in [3.05, 3.63) is 0 Å². The van der Waals surface area contributed by atoms with E-state index in [0.717, 1.165) is 11.8 Å². The summed E-state index contributed by atoms with van der Waals surface area (Å²) >= 11 is 0. The number of carbonyl (C=O) groups is 1. The van der Waals surface area contributed by atoms with E-state index in [4.69, 9.17) is 0 Å². The highest BCUT2D eigenvalue weighted by Crippen LogP contribution is 2.52. The fraction of sp³-hybridized carbons (Fsp3) is 0.941. The van der Waals surface area contributed by atoms with Crippen molar-refractivity contribution >= 4 is 5.97 Å². The number of aliphatic hydroxyl groups excluding tert-OH is 1. The summed E-state index contributed by atoms with van der Waals surface area (Å²) in [5.74, 6) is 1.29. The number of rotatable bonds is 1. The number of fused-ring (bicyclic) bond motifs is 5. The van der Waals surface area contributed by atoms with Gasteiger partial charge in [0.25, 0.3) is 0 Å². The average molecular weight is 293 g/mol. The van der Waals surface area contributed by atoms with Crippen molar-refractivity contribution < 1.29 is 15.0 Å². The molecule has 0 amide bonds. The van der Waals surface area contributed by atoms with Crippen molar-refractivity contribution in [3.8, 4) is 0 Å². The van der Waals surface area contributed by atoms with Crippen LogP contribution in [0.15, 0.2) is 0 Å². The Morgan fingerprint density at radius 2 is 1.76 bits per heavy atom. The zero-order valence-electron chi connectivity index (χ0n) is 12.6. The van der Waals surface area contributed by atoms with Crippen LogP contribution in [-0.4, -0.2) is 34.4 Å². The van der Waals surface area contributed by atoms with Crippen LogP contribution in [0.3, 0.4) is 0 Å². The number of nitrogens with one attached hydrogen (secondary N) is 1. The van der Waals surface area contributed by atoms with Crippen LogP contribution in [-0.2, 0) is 4.79 Å². The van der Waals surface area contributed by atoms with Gasteiger partial charge in [-0.3, -0.25) is 4.79 Å². The average Bonchev–Trinajstić information content (AvgIpc) is 2.85. The highest BCUT2D eigenvalue weighted by molar-refractivity contribution is 5.70. The fourth-order valence-corrected chi connectivity index (χ4v) is 6.09. The van der Waals surface area contributed by atoms with E-state index in [1.807, 2.05) is 0 Å². The standard InChI is InChI=1S/C17H27NO3/c19-15-8-12-9(7-13(15)17(20)21)5-6-11-10-3-1-2-4-14(10)18-16(11)12/h9-16,18-19H,1-8H2,(H,20,21). The van der Waals surface area contributed by atoms with Gasteiger partial charge < -0.3 is 15.5 Å². The van der Waals surface area contributed by atoms with Gasteiger partial charge in [0.2, 0.25) is 0 Å². The first-order valence-electron chi connectivity index (χ1n) is 8.82. The first-order valence-corrected chi connectivity index (χ1v) is 8.82. The zero-order valence-corrected chi connectivity index (χ0v) is 12.6. The summed E-state index contributed by atoms with van der Waals surface area (Å²) in [5, 5.41) is 23.4. The van der Waals surface area contributed by atoms with Gasteiger partial charge in [-0.1, -0.05) is 12.8 Å². The van der Waals surface area contributed by atoms with Crippen molar-refractivity contribution in [1.29, 1.82) is 0 Å². The number of aliphatic carboxylic acids is 1. The minimum atomic E-state index is -0.809. The zero-order chi connectivity index (χ0) is 14.6. The number of carboxylic acids is 1. The highest BCUT2D eigenvalue weighted by Gasteiger charge is 2.53. The monoisotopic (exact) mass is 293 g/mol. The normalized spacial score (nSPS) is 52.6. The van der Waals surface area contributed by atoms with Crippen LogP contribution in [0.25, 0.3) is 0 Å². The largest absolute Gasteiger partial charge is 0.481 e. The molecule has 3 aliphatic carbocycles. The van der Waals surface area contributed by atoms with Crippen LogP contribution in [0.4, 0.5) is 0 Å². The van der Waals surface area contributed by atoms with Gasteiger partial charge in [-0.05, 0) is 62.2 Å². The van der Waals surface area contributed by atoms with E-state index in [1.54, 1.807) is 0 Å². The summed E-state index contributed by atoms with van der Waals surface area (Å²) in [5.41, 5.74) is 0. The Labute approximate surface area is 126 Å². The van der Waals surface area contributed by atoms with E-state index in [-0.39, 0.29) is 0 Å². The van der Waals surface area contributed by atoms with Crippen LogP contribution in [0, 0.1) is 29.6 Å². The summed E-state index contributed by atoms with van der Waals surface area (Å²) in [7, 11) is 0. The van der Waals surface area contributed by atoms with Crippen LogP contribution >= 0.6 is 0 Å². The molecule has 8 atom stereocenters. The minimum Gasteiger partial charge on any atom is -0.481 e. The number of hydrogen-bond donors (Lipinski definition) is 3. The molecule has 4 aliphatic rings. The first-order chi connectivity index (χ1) is 10.1. The third kappa shape index (κ3) is 2.22. The van der Waals surface area contributed by atoms with Gasteiger partial charge in [0, 0.05) is 12.1 Å². The molecule has 3 N–H and O–H groups in total. The van der Waals surface area contributed by atoms with Crippen molar-refractivity contribution in [3.63, 3.8) is 0 Å². The quantitative estimate of drug-likeness (QED) is 0.692. The number of carboxylic acid groups (broad SMARTS) is 1. The van der Waals surface area contributed by atoms with E-state index in [1.165, 1.54) is 38.5 Å². The smallest absolute Gasteiger partial charge is 0.309 e. The molecule has 0 aromatic heterocycles. The van der Waals surface area contributed by atoms with Gasteiger partial charge in [-0.2, -0.15) is 0 Å². The second kappa shape index (κ2) is 5.24. The maximum Gasteiger partial charge on any atom is 0.309 e. The highest BCUT2D eigenvalue weighted by atomic mass is 16.4. The molecule has 3 saturated carbocycles. The fourth-order valence-electron chi connectivity index (χ4n) is 6.09. The number of aliphatic hydroxyl groups is 1. The summed E-state index contributed by atoms with van der Waals surface area (Å²) < 4.78 is 0. The molecule has 4 nitrogen and oxygen atoms in total. The van der Waals surface area contributed by atoms with Gasteiger partial charge in [0.15, 0.2) is 0 Å². The summed E-state index contributed by atoms with van der Waals surface area (Å²) in [4.78, 5) is 11.3. The lowest BCUT2D eigenvalue weighted by Crippen LogP contribution is -2.51. The second-order valence-corrected chi connectivity index (χ2v) is 7.90. The van der Waals surface area contributed by atoms with Crippen molar-refractivity contribution in [1.82, 2.24) is 5.32 Å². The molecule has 1 saturated heterocycles. The Balaban J connectivity index is 1.52. The van der Waals surface area contributed by atoms with E-state index in [0.29, 0.717) is 36.8 Å². The Bertz CT molecular complexity index is 426. The second-order valence-electron chi connectivity index (χ2n) is 7.90. The van der Waals surface area contributed by atoms with Crippen LogP contribution < -0.4 is 5.32 Å². The van der Waals surface area contributed by atoms with Crippen LogP contribution in [0.5, 0.6) is 0 Å². The lowest BCUT2D eigenvalue weighted by atomic mass is 9.60. The van der Waals surface area contributed by atoms with Crippen molar-refractivity contribution in [2.75, 3.05) is 0 Å². The molecule has 1 heterocycles. The maximum absolute atomic E-state index is 11.3. The van der Waals surface area contributed by atoms with Crippen molar-refractivity contribution in [2.24, 2.45) is 29.6 Å². The van der Waals surface area contributed by atoms with Crippen LogP contribution in [0.2, 0.25) is 0 Å². The topological polar surface area (TPSA) is 69.6 Å². The molecule has 8 unspecified atom stereocenters. The van der Waals surface area contributed by atoms with Gasteiger partial charge in [-0.15, -0.1) is 0 Å². The Kier molecular flexibility index (Phi) is 3.49. The predicted octanol–water partition coefficient (Wildman–Crippen LogP) is 2.01. The van der Waals surface area contributed by atoms with E-state index < -0.39 is 18.0 Å². The Morgan fingerprint density at radius 1 is 0.952 bits per heavy atom. The SMILES string of the molecule is O=C(O)C1CC2CCC3C4CCCCC4NC3C2CC1O. The van der Waals surface area contributed by atoms with Gasteiger partial charge in [0.1, 0.15) is 0 Å². The molecule has 4 heteroatoms. The molecule has 0 aromatic rings. The molecule has 4 rings (SSSR count). The molecule has 21 heavy (non-hydrogen) atoms. The lowest BCUT2D eigenvalue weighted by Gasteiger charge is -2.46. The first kappa shape index (κ1) is 14.0. The summed E-state index contributed by atoms with van der Waals surface area (Å²) in [6.45, 7) is 0. The van der Waals surface area contributed by atoms with Gasteiger partial charge in [-0.25, -0.2) is 0 Å². The van der Waals surface area contributed by atoms with E-state index >= 15 is 0 Å². The third-order valence-corrected chi connectivity index (χ3v) is 7.03. The molecular weight excluding hydrogens is 266 g/mol. The summed E-state index contributed by atoms with van der Waals surface area (Å²) in [6.07, 6.45) is 8.58. The van der Waals surface area contributed by atoms with E-state index in [9.17, 15) is 15.0 Å². The minimum absolute atomic E-state index is 0.500. The molecular formula is C17H27NO3. The lowest BCUT2D eigenvalue weighted by molar-refractivity contribution is -0.151. The van der Waals surface area contributed by atoms with E-state index in [2.05, 4.69) is 5.32 Å². The van der Waals surface area contributed by atoms with Crippen molar-refractivity contribution in [2.45, 2.75) is 69.6 Å². The number of hydrogen-bond acceptors (Lipinski definition) is 3. The molecule has 4 fully saturated rings. The predicted molar refractivity (Wildman–Crippen MR) is 78.7 cm³/mol. The molecule has 0 spiro atoms.